The third-order valence-electron chi connectivity index (χ3n) is 3.62. The van der Waals surface area contributed by atoms with Gasteiger partial charge in [0.1, 0.15) is 0 Å². The van der Waals surface area contributed by atoms with Crippen LogP contribution in [0.25, 0.3) is 0 Å². The molecule has 1 saturated carbocycles. The minimum atomic E-state index is -5.19. The lowest BCUT2D eigenvalue weighted by atomic mass is 9.69. The van der Waals surface area contributed by atoms with Crippen LogP contribution in [0.5, 0.6) is 0 Å². The second-order valence-electron chi connectivity index (χ2n) is 4.43. The smallest absolute Gasteiger partial charge is 0.170 e. The monoisotopic (exact) mass is 248 g/mol. The second-order valence-corrected chi connectivity index (χ2v) is 4.43. The molecule has 0 aromatic carbocycles. The van der Waals surface area contributed by atoms with E-state index >= 15 is 0 Å². The van der Waals surface area contributed by atoms with Crippen LogP contribution < -0.4 is 0 Å². The fraction of sp³-hybridized carbons (Fsp3) is 1.00. The van der Waals surface area contributed by atoms with Crippen LogP contribution in [0.1, 0.15) is 39.0 Å². The van der Waals surface area contributed by atoms with Crippen LogP contribution in [0.3, 0.4) is 0 Å². The molecule has 0 radical (unpaired) electrons. The third kappa shape index (κ3) is 2.15. The molecular weight excluding hydrogens is 234 g/mol. The van der Waals surface area contributed by atoms with Crippen molar-refractivity contribution < 1.29 is 26.3 Å². The van der Waals surface area contributed by atoms with Crippen molar-refractivity contribution in [2.75, 3.05) is 0 Å². The fourth-order valence-corrected chi connectivity index (χ4v) is 2.31. The SMILES string of the molecule is CCC1CCC(C(F)(F)F)(C(F)(F)F)CC1. The molecule has 0 heterocycles. The minimum Gasteiger partial charge on any atom is -0.170 e. The van der Waals surface area contributed by atoms with Crippen molar-refractivity contribution in [2.24, 2.45) is 11.3 Å². The molecule has 96 valence electrons. The summed E-state index contributed by atoms with van der Waals surface area (Å²) in [6.45, 7) is 1.79. The van der Waals surface area contributed by atoms with Crippen LogP contribution in [0.15, 0.2) is 0 Å². The van der Waals surface area contributed by atoms with Crippen LogP contribution in [-0.4, -0.2) is 12.4 Å². The molecule has 0 aromatic rings. The molecule has 0 saturated heterocycles. The van der Waals surface area contributed by atoms with Gasteiger partial charge in [-0.25, -0.2) is 0 Å². The summed E-state index contributed by atoms with van der Waals surface area (Å²) in [5, 5.41) is 0. The van der Waals surface area contributed by atoms with Crippen molar-refractivity contribution in [1.29, 1.82) is 0 Å². The van der Waals surface area contributed by atoms with Crippen molar-refractivity contribution in [3.8, 4) is 0 Å². The van der Waals surface area contributed by atoms with Crippen molar-refractivity contribution in [3.63, 3.8) is 0 Å². The molecule has 0 aromatic heterocycles. The van der Waals surface area contributed by atoms with Gasteiger partial charge in [0.25, 0.3) is 0 Å². The van der Waals surface area contributed by atoms with E-state index in [1.54, 1.807) is 6.92 Å². The zero-order valence-electron chi connectivity index (χ0n) is 8.88. The molecule has 0 N–H and O–H groups in total. The third-order valence-corrected chi connectivity index (χ3v) is 3.62. The van der Waals surface area contributed by atoms with Gasteiger partial charge in [0.15, 0.2) is 5.41 Å². The van der Waals surface area contributed by atoms with Crippen LogP contribution in [0, 0.1) is 11.3 Å². The lowest BCUT2D eigenvalue weighted by Crippen LogP contribution is -2.51. The topological polar surface area (TPSA) is 0 Å². The predicted octanol–water partition coefficient (Wildman–Crippen LogP) is 4.70. The zero-order chi connectivity index (χ0) is 12.6. The van der Waals surface area contributed by atoms with Gasteiger partial charge in [0.2, 0.25) is 0 Å². The Kier molecular flexibility index (Phi) is 3.50. The van der Waals surface area contributed by atoms with Gasteiger partial charge in [0.05, 0.1) is 0 Å². The van der Waals surface area contributed by atoms with Gasteiger partial charge in [-0.15, -0.1) is 0 Å². The Morgan fingerprint density at radius 3 is 1.56 bits per heavy atom. The molecule has 1 aliphatic rings. The molecule has 16 heavy (non-hydrogen) atoms. The van der Waals surface area contributed by atoms with E-state index in [1.165, 1.54) is 0 Å². The van der Waals surface area contributed by atoms with Crippen molar-refractivity contribution in [1.82, 2.24) is 0 Å². The molecule has 0 unspecified atom stereocenters. The molecule has 0 aliphatic heterocycles. The van der Waals surface area contributed by atoms with Gasteiger partial charge in [-0.2, -0.15) is 26.3 Å². The summed E-state index contributed by atoms with van der Waals surface area (Å²) in [5.74, 6) is -0.00201. The number of alkyl halides is 6. The standard InChI is InChI=1S/C10H14F6/c1-2-7-3-5-8(6-4-7,9(11,12)13)10(14,15)16/h7H,2-6H2,1H3. The number of hydrogen-bond donors (Lipinski definition) is 0. The van der Waals surface area contributed by atoms with Crippen LogP contribution >= 0.6 is 0 Å². The first kappa shape index (κ1) is 13.6. The summed E-state index contributed by atoms with van der Waals surface area (Å²) >= 11 is 0. The highest BCUT2D eigenvalue weighted by molar-refractivity contribution is 4.96. The highest BCUT2D eigenvalue weighted by atomic mass is 19.4. The Morgan fingerprint density at radius 2 is 1.31 bits per heavy atom. The lowest BCUT2D eigenvalue weighted by Gasteiger charge is -2.42. The van der Waals surface area contributed by atoms with Crippen molar-refractivity contribution >= 4 is 0 Å². The Labute approximate surface area is 90.0 Å². The maximum atomic E-state index is 12.6. The minimum absolute atomic E-state index is 0.00201. The molecule has 1 rings (SSSR count). The maximum Gasteiger partial charge on any atom is 0.403 e. The van der Waals surface area contributed by atoms with E-state index in [-0.39, 0.29) is 18.8 Å². The first-order valence-corrected chi connectivity index (χ1v) is 5.27. The predicted molar refractivity (Wildman–Crippen MR) is 46.8 cm³/mol. The first-order valence-electron chi connectivity index (χ1n) is 5.27. The summed E-state index contributed by atoms with van der Waals surface area (Å²) in [6.07, 6.45) is -11.4. The number of halogens is 6. The first-order chi connectivity index (χ1) is 7.14. The van der Waals surface area contributed by atoms with Gasteiger partial charge in [0, 0.05) is 0 Å². The largest absolute Gasteiger partial charge is 0.403 e. The zero-order valence-corrected chi connectivity index (χ0v) is 8.88. The maximum absolute atomic E-state index is 12.6. The van der Waals surface area contributed by atoms with E-state index in [1.807, 2.05) is 0 Å². The van der Waals surface area contributed by atoms with E-state index in [4.69, 9.17) is 0 Å². The average molecular weight is 248 g/mol. The Balaban J connectivity index is 2.93. The highest BCUT2D eigenvalue weighted by Gasteiger charge is 2.70. The van der Waals surface area contributed by atoms with Gasteiger partial charge in [-0.05, 0) is 31.6 Å². The molecule has 1 fully saturated rings. The fourth-order valence-electron chi connectivity index (χ4n) is 2.31. The molecule has 0 nitrogen and oxygen atoms in total. The normalized spacial score (nSPS) is 23.4. The Morgan fingerprint density at radius 1 is 0.938 bits per heavy atom. The Hall–Kier alpha value is -0.420. The molecule has 1 aliphatic carbocycles. The second kappa shape index (κ2) is 4.11. The summed E-state index contributed by atoms with van der Waals surface area (Å²) in [5.41, 5.74) is -3.47. The number of hydrogen-bond acceptors (Lipinski definition) is 0. The van der Waals surface area contributed by atoms with Gasteiger partial charge < -0.3 is 0 Å². The lowest BCUT2D eigenvalue weighted by molar-refractivity contribution is -0.351. The van der Waals surface area contributed by atoms with E-state index < -0.39 is 30.6 Å². The van der Waals surface area contributed by atoms with Crippen LogP contribution in [-0.2, 0) is 0 Å². The summed E-state index contributed by atoms with van der Waals surface area (Å²) < 4.78 is 75.6. The molecule has 0 bridgehead atoms. The highest BCUT2D eigenvalue weighted by Crippen LogP contribution is 2.59. The van der Waals surface area contributed by atoms with E-state index in [0.717, 1.165) is 0 Å². The summed E-state index contributed by atoms with van der Waals surface area (Å²) in [4.78, 5) is 0. The van der Waals surface area contributed by atoms with E-state index in [2.05, 4.69) is 0 Å². The Bertz CT molecular complexity index is 215. The summed E-state index contributed by atoms with van der Waals surface area (Å²) in [6, 6.07) is 0. The van der Waals surface area contributed by atoms with Crippen LogP contribution in [0.4, 0.5) is 26.3 Å². The van der Waals surface area contributed by atoms with Gasteiger partial charge >= 0.3 is 12.4 Å². The van der Waals surface area contributed by atoms with E-state index in [0.29, 0.717) is 6.42 Å². The number of rotatable bonds is 1. The van der Waals surface area contributed by atoms with Crippen molar-refractivity contribution in [3.05, 3.63) is 0 Å². The molecule has 0 spiro atoms. The van der Waals surface area contributed by atoms with Gasteiger partial charge in [-0.3, -0.25) is 0 Å². The van der Waals surface area contributed by atoms with E-state index in [9.17, 15) is 26.3 Å². The molecule has 6 heteroatoms. The average Bonchev–Trinajstić information content (AvgIpc) is 2.14. The van der Waals surface area contributed by atoms with Crippen LogP contribution in [0.2, 0.25) is 0 Å². The quantitative estimate of drug-likeness (QED) is 0.590. The molecule has 0 amide bonds. The van der Waals surface area contributed by atoms with Crippen molar-refractivity contribution in [2.45, 2.75) is 51.4 Å². The van der Waals surface area contributed by atoms with Gasteiger partial charge in [-0.1, -0.05) is 13.3 Å². The summed E-state index contributed by atoms with van der Waals surface area (Å²) in [7, 11) is 0. The molecule has 0 atom stereocenters. The molecular formula is C10H14F6.